The first kappa shape index (κ1) is 16.1. The Hall–Kier alpha value is -1.79. The summed E-state index contributed by atoms with van der Waals surface area (Å²) in [4.78, 5) is 3.69. The summed E-state index contributed by atoms with van der Waals surface area (Å²) >= 11 is 0. The zero-order valence-electron chi connectivity index (χ0n) is 13.6. The molecule has 3 nitrogen and oxygen atoms in total. The highest BCUT2D eigenvalue weighted by molar-refractivity contribution is 6.63. The summed E-state index contributed by atoms with van der Waals surface area (Å²) < 4.78 is 40.4. The molecular weight excluding hydrogens is 299 g/mol. The maximum absolute atomic E-state index is 14.4. The molecule has 6 heteroatoms. The highest BCUT2D eigenvalue weighted by Crippen LogP contribution is 2.37. The third kappa shape index (κ3) is 2.66. The topological polar surface area (TPSA) is 31.4 Å². The molecular formula is C17H18BF2NO2. The number of nitrogens with zero attached hydrogens (tertiary/aromatic N) is 1. The second-order valence-electron chi connectivity index (χ2n) is 6.63. The fraction of sp³-hybridized carbons (Fsp3) is 0.353. The van der Waals surface area contributed by atoms with Gasteiger partial charge >= 0.3 is 7.12 Å². The molecule has 1 fully saturated rings. The van der Waals surface area contributed by atoms with Gasteiger partial charge in [0.1, 0.15) is 5.82 Å². The second-order valence-corrected chi connectivity index (χ2v) is 6.63. The fourth-order valence-electron chi connectivity index (χ4n) is 2.55. The van der Waals surface area contributed by atoms with Crippen LogP contribution in [0.5, 0.6) is 0 Å². The van der Waals surface area contributed by atoms with E-state index in [-0.39, 0.29) is 5.46 Å². The first-order valence-electron chi connectivity index (χ1n) is 7.48. The van der Waals surface area contributed by atoms with Crippen molar-refractivity contribution in [2.75, 3.05) is 0 Å². The van der Waals surface area contributed by atoms with E-state index in [0.29, 0.717) is 11.1 Å². The fourth-order valence-corrected chi connectivity index (χ4v) is 2.55. The average molecular weight is 317 g/mol. The molecule has 0 radical (unpaired) electrons. The van der Waals surface area contributed by atoms with Crippen LogP contribution in [-0.4, -0.2) is 23.3 Å². The predicted molar refractivity (Wildman–Crippen MR) is 85.3 cm³/mol. The Kier molecular flexibility index (Phi) is 3.77. The zero-order chi connectivity index (χ0) is 16.8. The van der Waals surface area contributed by atoms with Crippen LogP contribution < -0.4 is 5.46 Å². The van der Waals surface area contributed by atoms with Crippen molar-refractivity contribution in [3.05, 3.63) is 48.3 Å². The van der Waals surface area contributed by atoms with Crippen LogP contribution in [0, 0.1) is 11.8 Å². The van der Waals surface area contributed by atoms with Crippen LogP contribution in [0.1, 0.15) is 27.7 Å². The Morgan fingerprint density at radius 1 is 0.913 bits per heavy atom. The van der Waals surface area contributed by atoms with Crippen LogP contribution in [0.15, 0.2) is 36.5 Å². The number of pyridine rings is 1. The van der Waals surface area contributed by atoms with E-state index in [2.05, 4.69) is 4.98 Å². The van der Waals surface area contributed by atoms with Crippen molar-refractivity contribution in [2.45, 2.75) is 38.9 Å². The normalized spacial score (nSPS) is 19.1. The molecule has 0 amide bonds. The molecule has 0 aliphatic carbocycles. The minimum atomic E-state index is -0.941. The van der Waals surface area contributed by atoms with Gasteiger partial charge in [0, 0.05) is 17.2 Å². The van der Waals surface area contributed by atoms with Gasteiger partial charge in [0.25, 0.3) is 0 Å². The van der Waals surface area contributed by atoms with E-state index in [1.54, 1.807) is 24.3 Å². The molecule has 0 N–H and O–H groups in total. The number of halogens is 2. The third-order valence-corrected chi connectivity index (χ3v) is 4.59. The van der Waals surface area contributed by atoms with Gasteiger partial charge in [0.15, 0.2) is 0 Å². The summed E-state index contributed by atoms with van der Waals surface area (Å²) in [7, 11) is -0.941. The molecule has 1 aliphatic rings. The lowest BCUT2D eigenvalue weighted by atomic mass is 9.75. The van der Waals surface area contributed by atoms with Crippen molar-refractivity contribution < 1.29 is 18.1 Å². The average Bonchev–Trinajstić information content (AvgIpc) is 2.67. The largest absolute Gasteiger partial charge is 0.500 e. The van der Waals surface area contributed by atoms with Crippen LogP contribution in [0.4, 0.5) is 8.78 Å². The summed E-state index contributed by atoms with van der Waals surface area (Å²) in [5.41, 5.74) is -0.442. The smallest absolute Gasteiger partial charge is 0.399 e. The number of hydrogen-bond acceptors (Lipinski definition) is 3. The van der Waals surface area contributed by atoms with Crippen molar-refractivity contribution in [1.82, 2.24) is 4.98 Å². The quantitative estimate of drug-likeness (QED) is 0.629. The van der Waals surface area contributed by atoms with E-state index in [4.69, 9.17) is 9.31 Å². The maximum atomic E-state index is 14.4. The lowest BCUT2D eigenvalue weighted by Gasteiger charge is -2.32. The molecule has 0 spiro atoms. The Morgan fingerprint density at radius 2 is 1.52 bits per heavy atom. The van der Waals surface area contributed by atoms with Gasteiger partial charge in [-0.3, -0.25) is 0 Å². The second kappa shape index (κ2) is 5.39. The molecule has 0 atom stereocenters. The predicted octanol–water partition coefficient (Wildman–Crippen LogP) is 3.33. The Balaban J connectivity index is 2.13. The van der Waals surface area contributed by atoms with Gasteiger partial charge in [-0.25, -0.2) is 9.37 Å². The Bertz CT molecular complexity index is 733. The molecule has 1 aliphatic heterocycles. The van der Waals surface area contributed by atoms with Crippen LogP contribution in [-0.2, 0) is 9.31 Å². The van der Waals surface area contributed by atoms with Crippen LogP contribution in [0.3, 0.4) is 0 Å². The highest BCUT2D eigenvalue weighted by atomic mass is 19.1. The lowest BCUT2D eigenvalue weighted by Crippen LogP contribution is -2.41. The van der Waals surface area contributed by atoms with Gasteiger partial charge in [0.05, 0.1) is 11.2 Å². The van der Waals surface area contributed by atoms with Crippen molar-refractivity contribution in [3.63, 3.8) is 0 Å². The zero-order valence-corrected chi connectivity index (χ0v) is 13.6. The van der Waals surface area contributed by atoms with Crippen molar-refractivity contribution in [2.24, 2.45) is 0 Å². The van der Waals surface area contributed by atoms with Crippen molar-refractivity contribution >= 4 is 12.6 Å². The van der Waals surface area contributed by atoms with E-state index in [0.717, 1.165) is 0 Å². The van der Waals surface area contributed by atoms with Crippen molar-refractivity contribution in [1.29, 1.82) is 0 Å². The molecule has 23 heavy (non-hydrogen) atoms. The number of hydrogen-bond donors (Lipinski definition) is 0. The standard InChI is InChI=1S/C17H18BF2NO2/c1-16(2)17(3,4)23-18(22-16)14-12(9-10-21-15(14)20)11-7-5-6-8-13(11)19/h5-10H,1-4H3. The molecule has 0 saturated carbocycles. The summed E-state index contributed by atoms with van der Waals surface area (Å²) in [6, 6.07) is 7.79. The van der Waals surface area contributed by atoms with Gasteiger partial charge in [-0.05, 0) is 45.4 Å². The Morgan fingerprint density at radius 3 is 2.13 bits per heavy atom. The molecule has 0 unspecified atom stereocenters. The van der Waals surface area contributed by atoms with E-state index in [1.165, 1.54) is 12.3 Å². The minimum Gasteiger partial charge on any atom is -0.399 e. The van der Waals surface area contributed by atoms with Crippen molar-refractivity contribution in [3.8, 4) is 11.1 Å². The van der Waals surface area contributed by atoms with Gasteiger partial charge in [-0.1, -0.05) is 18.2 Å². The molecule has 2 aromatic rings. The van der Waals surface area contributed by atoms with E-state index >= 15 is 0 Å². The molecule has 2 heterocycles. The third-order valence-electron chi connectivity index (χ3n) is 4.59. The van der Waals surface area contributed by atoms with Crippen LogP contribution in [0.2, 0.25) is 0 Å². The summed E-state index contributed by atoms with van der Waals surface area (Å²) in [6.07, 6.45) is 1.31. The molecule has 3 rings (SSSR count). The first-order valence-corrected chi connectivity index (χ1v) is 7.48. The molecule has 120 valence electrons. The summed E-state index contributed by atoms with van der Waals surface area (Å²) in [5, 5.41) is 0. The molecule has 0 bridgehead atoms. The first-order chi connectivity index (χ1) is 10.7. The highest BCUT2D eigenvalue weighted by Gasteiger charge is 2.53. The van der Waals surface area contributed by atoms with E-state index in [9.17, 15) is 8.78 Å². The van der Waals surface area contributed by atoms with Crippen LogP contribution >= 0.6 is 0 Å². The maximum Gasteiger partial charge on any atom is 0.500 e. The van der Waals surface area contributed by atoms with E-state index < -0.39 is 30.1 Å². The molecule has 1 aromatic carbocycles. The van der Waals surface area contributed by atoms with E-state index in [1.807, 2.05) is 27.7 Å². The monoisotopic (exact) mass is 317 g/mol. The van der Waals surface area contributed by atoms with Gasteiger partial charge in [-0.2, -0.15) is 4.39 Å². The molecule has 1 saturated heterocycles. The Labute approximate surface area is 134 Å². The lowest BCUT2D eigenvalue weighted by molar-refractivity contribution is 0.00578. The SMILES string of the molecule is CC1(C)OB(c2c(-c3ccccc3F)ccnc2F)OC1(C)C. The van der Waals surface area contributed by atoms with Gasteiger partial charge < -0.3 is 9.31 Å². The minimum absolute atomic E-state index is 0.122. The molecule has 1 aromatic heterocycles. The number of aromatic nitrogens is 1. The number of rotatable bonds is 2. The summed E-state index contributed by atoms with van der Waals surface area (Å²) in [5.74, 6) is -1.15. The van der Waals surface area contributed by atoms with Crippen LogP contribution in [0.25, 0.3) is 11.1 Å². The number of benzene rings is 1. The van der Waals surface area contributed by atoms with Gasteiger partial charge in [0.2, 0.25) is 5.95 Å². The summed E-state index contributed by atoms with van der Waals surface area (Å²) in [6.45, 7) is 7.52. The van der Waals surface area contributed by atoms with Gasteiger partial charge in [-0.15, -0.1) is 0 Å².